The zero-order chi connectivity index (χ0) is 16.9. The molecule has 0 saturated carbocycles. The average molecular weight is 332 g/mol. The second kappa shape index (κ2) is 6.99. The lowest BCUT2D eigenvalue weighted by molar-refractivity contribution is -0.137. The molecule has 1 amide bonds. The van der Waals surface area contributed by atoms with E-state index in [1.165, 1.54) is 10.9 Å². The van der Waals surface area contributed by atoms with Gasteiger partial charge in [-0.1, -0.05) is 5.21 Å². The molecule has 9 nitrogen and oxygen atoms in total. The van der Waals surface area contributed by atoms with Crippen molar-refractivity contribution in [1.82, 2.24) is 20.3 Å². The maximum Gasteiger partial charge on any atom is 0.325 e. The van der Waals surface area contributed by atoms with E-state index in [0.717, 1.165) is 6.42 Å². The topological polar surface area (TPSA) is 116 Å². The van der Waals surface area contributed by atoms with E-state index >= 15 is 0 Å². The predicted octanol–water partition coefficient (Wildman–Crippen LogP) is 0.454. The van der Waals surface area contributed by atoms with Gasteiger partial charge in [0, 0.05) is 12.0 Å². The molecule has 9 heteroatoms. The summed E-state index contributed by atoms with van der Waals surface area (Å²) >= 11 is 0. The van der Waals surface area contributed by atoms with Gasteiger partial charge in [0.15, 0.2) is 11.5 Å². The number of nitrogens with zero attached hydrogens (tertiary/aromatic N) is 3. The Labute approximate surface area is 137 Å². The first-order chi connectivity index (χ1) is 11.6. The molecule has 0 radical (unpaired) electrons. The number of fused-ring (bicyclic) bond motifs is 1. The number of amides is 1. The highest BCUT2D eigenvalue weighted by Crippen LogP contribution is 2.30. The number of carboxylic acids is 1. The van der Waals surface area contributed by atoms with Gasteiger partial charge in [0.05, 0.1) is 26.0 Å². The van der Waals surface area contributed by atoms with E-state index in [9.17, 15) is 9.59 Å². The van der Waals surface area contributed by atoms with E-state index in [4.69, 9.17) is 14.6 Å². The van der Waals surface area contributed by atoms with Crippen LogP contribution in [0.15, 0.2) is 24.4 Å². The molecule has 126 valence electrons. The van der Waals surface area contributed by atoms with Crippen LogP contribution in [0.1, 0.15) is 22.5 Å². The molecule has 2 heterocycles. The van der Waals surface area contributed by atoms with Gasteiger partial charge < -0.3 is 19.9 Å². The smallest absolute Gasteiger partial charge is 0.325 e. The minimum Gasteiger partial charge on any atom is -0.490 e. The van der Waals surface area contributed by atoms with Gasteiger partial charge >= 0.3 is 5.97 Å². The number of carbonyl (C=O) groups excluding carboxylic acids is 1. The number of benzene rings is 1. The molecule has 1 aromatic carbocycles. The highest BCUT2D eigenvalue weighted by atomic mass is 16.5. The number of carbonyl (C=O) groups is 2. The SMILES string of the molecule is O=C(O)Cn1cc(CNC(=O)c2ccc3c(c2)OCCCO3)nn1. The van der Waals surface area contributed by atoms with Crippen molar-refractivity contribution in [3.8, 4) is 11.5 Å². The lowest BCUT2D eigenvalue weighted by Gasteiger charge is -2.09. The molecule has 0 atom stereocenters. The zero-order valence-corrected chi connectivity index (χ0v) is 12.8. The summed E-state index contributed by atoms with van der Waals surface area (Å²) in [5.74, 6) is -0.130. The molecule has 24 heavy (non-hydrogen) atoms. The number of aliphatic carboxylic acids is 1. The highest BCUT2D eigenvalue weighted by molar-refractivity contribution is 5.94. The first-order valence-electron chi connectivity index (χ1n) is 7.40. The van der Waals surface area contributed by atoms with Crippen LogP contribution < -0.4 is 14.8 Å². The molecule has 0 fully saturated rings. The molecule has 2 aromatic rings. The van der Waals surface area contributed by atoms with Crippen molar-refractivity contribution in [2.45, 2.75) is 19.5 Å². The summed E-state index contributed by atoms with van der Waals surface area (Å²) in [4.78, 5) is 22.8. The Balaban J connectivity index is 1.61. The number of rotatable bonds is 5. The van der Waals surface area contributed by atoms with Crippen molar-refractivity contribution < 1.29 is 24.2 Å². The van der Waals surface area contributed by atoms with Crippen molar-refractivity contribution in [3.63, 3.8) is 0 Å². The molecule has 2 N–H and O–H groups in total. The van der Waals surface area contributed by atoms with Crippen molar-refractivity contribution in [2.24, 2.45) is 0 Å². The van der Waals surface area contributed by atoms with Crippen LogP contribution in [0.4, 0.5) is 0 Å². The van der Waals surface area contributed by atoms with Crippen LogP contribution in [-0.2, 0) is 17.9 Å². The Kier molecular flexibility index (Phi) is 4.59. The molecule has 3 rings (SSSR count). The predicted molar refractivity (Wildman–Crippen MR) is 80.9 cm³/mol. The van der Waals surface area contributed by atoms with Crippen LogP contribution in [0.2, 0.25) is 0 Å². The summed E-state index contributed by atoms with van der Waals surface area (Å²) in [6.07, 6.45) is 2.27. The Bertz CT molecular complexity index is 758. The van der Waals surface area contributed by atoms with Crippen LogP contribution in [-0.4, -0.2) is 45.2 Å². The highest BCUT2D eigenvalue weighted by Gasteiger charge is 2.14. The largest absolute Gasteiger partial charge is 0.490 e. The molecule has 1 aliphatic rings. The molecule has 1 aliphatic heterocycles. The first kappa shape index (κ1) is 15.8. The van der Waals surface area contributed by atoms with E-state index in [-0.39, 0.29) is 19.0 Å². The molecule has 0 bridgehead atoms. The molecular formula is C15H16N4O5. The summed E-state index contributed by atoms with van der Waals surface area (Å²) in [5.41, 5.74) is 0.913. The number of hydrogen-bond acceptors (Lipinski definition) is 6. The maximum atomic E-state index is 12.2. The van der Waals surface area contributed by atoms with Gasteiger partial charge in [-0.25, -0.2) is 4.68 Å². The fourth-order valence-corrected chi connectivity index (χ4v) is 2.21. The summed E-state index contributed by atoms with van der Waals surface area (Å²) in [5, 5.41) is 18.9. The molecule has 0 saturated heterocycles. The lowest BCUT2D eigenvalue weighted by atomic mass is 10.2. The molecule has 0 aliphatic carbocycles. The summed E-state index contributed by atoms with van der Waals surface area (Å²) < 4.78 is 12.3. The van der Waals surface area contributed by atoms with Gasteiger partial charge in [-0.2, -0.15) is 0 Å². The second-order valence-corrected chi connectivity index (χ2v) is 5.20. The van der Waals surface area contributed by atoms with Gasteiger partial charge in [0.2, 0.25) is 0 Å². The first-order valence-corrected chi connectivity index (χ1v) is 7.40. The van der Waals surface area contributed by atoms with Crippen LogP contribution in [0.3, 0.4) is 0 Å². The quantitative estimate of drug-likeness (QED) is 0.817. The Morgan fingerprint density at radius 1 is 1.25 bits per heavy atom. The number of hydrogen-bond donors (Lipinski definition) is 2. The van der Waals surface area contributed by atoms with Gasteiger partial charge in [-0.15, -0.1) is 5.10 Å². The zero-order valence-electron chi connectivity index (χ0n) is 12.8. The third kappa shape index (κ3) is 3.80. The van der Waals surface area contributed by atoms with Crippen molar-refractivity contribution >= 4 is 11.9 Å². The number of aromatic nitrogens is 3. The Morgan fingerprint density at radius 2 is 2.04 bits per heavy atom. The lowest BCUT2D eigenvalue weighted by Crippen LogP contribution is -2.23. The molecule has 0 unspecified atom stereocenters. The van der Waals surface area contributed by atoms with Crippen LogP contribution >= 0.6 is 0 Å². The number of carboxylic acid groups (broad SMARTS) is 1. The van der Waals surface area contributed by atoms with E-state index in [0.29, 0.717) is 36.0 Å². The Hall–Kier alpha value is -3.10. The van der Waals surface area contributed by atoms with Gasteiger partial charge in [-0.05, 0) is 18.2 Å². The van der Waals surface area contributed by atoms with Crippen molar-refractivity contribution in [2.75, 3.05) is 13.2 Å². The Morgan fingerprint density at radius 3 is 2.83 bits per heavy atom. The van der Waals surface area contributed by atoms with Gasteiger partial charge in [-0.3, -0.25) is 9.59 Å². The van der Waals surface area contributed by atoms with Gasteiger partial charge in [0.1, 0.15) is 12.2 Å². The fraction of sp³-hybridized carbons (Fsp3) is 0.333. The number of ether oxygens (including phenoxy) is 2. The second-order valence-electron chi connectivity index (χ2n) is 5.20. The van der Waals surface area contributed by atoms with Crippen LogP contribution in [0.25, 0.3) is 0 Å². The third-order valence-electron chi connectivity index (χ3n) is 3.32. The minimum atomic E-state index is -1.01. The molecule has 0 spiro atoms. The van der Waals surface area contributed by atoms with Gasteiger partial charge in [0.25, 0.3) is 5.91 Å². The van der Waals surface area contributed by atoms with Crippen LogP contribution in [0.5, 0.6) is 11.5 Å². The average Bonchev–Trinajstić information content (AvgIpc) is 2.86. The third-order valence-corrected chi connectivity index (χ3v) is 3.32. The summed E-state index contributed by atoms with van der Waals surface area (Å²) in [7, 11) is 0. The van der Waals surface area contributed by atoms with Crippen molar-refractivity contribution in [3.05, 3.63) is 35.7 Å². The summed E-state index contributed by atoms with van der Waals surface area (Å²) in [6.45, 7) is 1.01. The van der Waals surface area contributed by atoms with E-state index in [1.807, 2.05) is 0 Å². The fourth-order valence-electron chi connectivity index (χ4n) is 2.21. The number of nitrogens with one attached hydrogen (secondary N) is 1. The van der Waals surface area contributed by atoms with Crippen molar-refractivity contribution in [1.29, 1.82) is 0 Å². The summed E-state index contributed by atoms with van der Waals surface area (Å²) in [6, 6.07) is 5.00. The minimum absolute atomic E-state index is 0.146. The molecular weight excluding hydrogens is 316 g/mol. The van der Waals surface area contributed by atoms with E-state index in [2.05, 4.69) is 15.6 Å². The normalized spacial score (nSPS) is 13.2. The molecule has 1 aromatic heterocycles. The van der Waals surface area contributed by atoms with E-state index < -0.39 is 5.97 Å². The standard InChI is InChI=1S/C15H16N4O5/c20-14(21)9-19-8-11(17-18-19)7-16-15(22)10-2-3-12-13(6-10)24-5-1-4-23-12/h2-3,6,8H,1,4-5,7,9H2,(H,16,22)(H,20,21). The monoisotopic (exact) mass is 332 g/mol. The van der Waals surface area contributed by atoms with Crippen LogP contribution in [0, 0.1) is 0 Å². The van der Waals surface area contributed by atoms with E-state index in [1.54, 1.807) is 18.2 Å². The maximum absolute atomic E-state index is 12.2.